The molecule has 2 aromatic heterocycles. The zero-order chi connectivity index (χ0) is 34.6. The minimum Gasteiger partial charge on any atom is -0.468 e. The lowest BCUT2D eigenvalue weighted by Crippen LogP contribution is -2.44. The highest BCUT2D eigenvalue weighted by Crippen LogP contribution is 2.52. The Kier molecular flexibility index (Phi) is 8.66. The highest BCUT2D eigenvalue weighted by Gasteiger charge is 2.56. The number of hydrogen-bond acceptors (Lipinski definition) is 8. The van der Waals surface area contributed by atoms with Crippen LogP contribution in [0.3, 0.4) is 0 Å². The maximum Gasteiger partial charge on any atom is 0.410 e. The normalized spacial score (nSPS) is 18.7. The number of amides is 1. The van der Waals surface area contributed by atoms with Crippen LogP contribution in [0.5, 0.6) is 5.75 Å². The van der Waals surface area contributed by atoms with E-state index in [1.165, 1.54) is 11.8 Å². The summed E-state index contributed by atoms with van der Waals surface area (Å²) >= 11 is 1.44. The van der Waals surface area contributed by atoms with E-state index in [9.17, 15) is 10.1 Å². The fraction of sp³-hybridized carbons (Fsp3) is 0.421. The number of hydrogen-bond donors (Lipinski definition) is 0. The molecule has 3 fully saturated rings. The van der Waals surface area contributed by atoms with Crippen molar-refractivity contribution in [1.29, 1.82) is 5.26 Å². The maximum atomic E-state index is 17.5. The Morgan fingerprint density at radius 1 is 1.14 bits per heavy atom. The van der Waals surface area contributed by atoms with Crippen molar-refractivity contribution in [2.24, 2.45) is 5.92 Å². The van der Waals surface area contributed by atoms with Gasteiger partial charge < -0.3 is 23.7 Å². The van der Waals surface area contributed by atoms with Crippen LogP contribution in [0.15, 0.2) is 47.5 Å². The molecule has 0 radical (unpaired) electrons. The summed E-state index contributed by atoms with van der Waals surface area (Å²) in [5, 5.41) is 12.7. The number of nitriles is 1. The van der Waals surface area contributed by atoms with Crippen LogP contribution in [0.2, 0.25) is 0 Å². The number of thioether (sulfide) groups is 1. The molecule has 0 spiro atoms. The van der Waals surface area contributed by atoms with Gasteiger partial charge in [0.25, 0.3) is 0 Å². The third-order valence-corrected chi connectivity index (χ3v) is 10.3. The molecule has 2 aliphatic heterocycles. The third-order valence-electron chi connectivity index (χ3n) is 9.62. The number of rotatable bonds is 9. The van der Waals surface area contributed by atoms with E-state index >= 15 is 4.39 Å². The van der Waals surface area contributed by atoms with Gasteiger partial charge >= 0.3 is 6.09 Å². The molecule has 49 heavy (non-hydrogen) atoms. The van der Waals surface area contributed by atoms with Crippen molar-refractivity contribution < 1.29 is 23.4 Å². The van der Waals surface area contributed by atoms with Crippen molar-refractivity contribution in [2.45, 2.75) is 76.1 Å². The Balaban J connectivity index is 1.48. The van der Waals surface area contributed by atoms with E-state index in [-0.39, 0.29) is 42.8 Å². The Morgan fingerprint density at radius 3 is 2.65 bits per heavy atom. The minimum atomic E-state index is -0.596. The van der Waals surface area contributed by atoms with E-state index < -0.39 is 11.4 Å². The first-order valence-electron chi connectivity index (χ1n) is 16.7. The van der Waals surface area contributed by atoms with Gasteiger partial charge in [0, 0.05) is 43.4 Å². The molecule has 1 saturated carbocycles. The second-order valence-corrected chi connectivity index (χ2v) is 14.6. The van der Waals surface area contributed by atoms with Crippen LogP contribution < -0.4 is 4.74 Å². The van der Waals surface area contributed by atoms with Gasteiger partial charge in [0.15, 0.2) is 12.6 Å². The molecule has 2 bridgehead atoms. The Bertz CT molecular complexity index is 2150. The number of carbonyl (C=O) groups is 1. The monoisotopic (exact) mass is 681 g/mol. The van der Waals surface area contributed by atoms with Gasteiger partial charge in [-0.05, 0) is 80.0 Å². The fourth-order valence-electron chi connectivity index (χ4n) is 7.62. The summed E-state index contributed by atoms with van der Waals surface area (Å²) in [5.41, 5.74) is 2.98. The summed E-state index contributed by atoms with van der Waals surface area (Å²) in [5.74, 6) is 1.21. The van der Waals surface area contributed by atoms with E-state index in [2.05, 4.69) is 17.6 Å². The van der Waals surface area contributed by atoms with Crippen molar-refractivity contribution >= 4 is 50.6 Å². The van der Waals surface area contributed by atoms with Crippen LogP contribution >= 0.6 is 11.8 Å². The molecule has 8 rings (SSSR count). The number of ether oxygens (including phenoxy) is 3. The molecule has 3 aliphatic rings. The van der Waals surface area contributed by atoms with Gasteiger partial charge in [0.2, 0.25) is 0 Å². The lowest BCUT2D eigenvalue weighted by atomic mass is 9.79. The largest absolute Gasteiger partial charge is 0.468 e. The molecule has 3 atom stereocenters. The predicted molar refractivity (Wildman–Crippen MR) is 189 cm³/mol. The highest BCUT2D eigenvalue weighted by atomic mass is 32.2. The second-order valence-electron chi connectivity index (χ2n) is 13.8. The maximum absolute atomic E-state index is 17.5. The summed E-state index contributed by atoms with van der Waals surface area (Å²) in [6.07, 6.45) is 3.73. The SMILES string of the molecule is CCc1nc2c(SC)nc3c(F)c(-c4cc(OCOC)cc5ccccc45)c(CCC#N)cc3c2n1C1C2CC1N(C(=O)OC(C)(C)C)C2. The lowest BCUT2D eigenvalue weighted by molar-refractivity contribution is 0.0209. The average molecular weight is 682 g/mol. The molecule has 5 aromatic rings. The zero-order valence-electron chi connectivity index (χ0n) is 28.7. The van der Waals surface area contributed by atoms with E-state index in [0.717, 1.165) is 34.1 Å². The Morgan fingerprint density at radius 2 is 1.94 bits per heavy atom. The number of aryl methyl sites for hydroxylation is 2. The molecule has 254 valence electrons. The molecule has 3 aromatic carbocycles. The van der Waals surface area contributed by atoms with Crippen molar-refractivity contribution in [2.75, 3.05) is 26.7 Å². The van der Waals surface area contributed by atoms with E-state index in [0.29, 0.717) is 52.2 Å². The van der Waals surface area contributed by atoms with E-state index in [1.54, 1.807) is 7.11 Å². The molecular weight excluding hydrogens is 642 g/mol. The van der Waals surface area contributed by atoms with Gasteiger partial charge in [-0.15, -0.1) is 11.8 Å². The minimum absolute atomic E-state index is 0.0170. The fourth-order valence-corrected chi connectivity index (χ4v) is 8.14. The summed E-state index contributed by atoms with van der Waals surface area (Å²) in [4.78, 5) is 25.1. The molecular formula is C38H40FN5O4S. The van der Waals surface area contributed by atoms with Crippen molar-refractivity contribution in [1.82, 2.24) is 19.4 Å². The molecule has 1 amide bonds. The van der Waals surface area contributed by atoms with Crippen molar-refractivity contribution in [3.8, 4) is 22.9 Å². The summed E-state index contributed by atoms with van der Waals surface area (Å²) in [6.45, 7) is 8.35. The Hall–Kier alpha value is -4.40. The van der Waals surface area contributed by atoms with Gasteiger partial charge in [-0.3, -0.25) is 0 Å². The lowest BCUT2D eigenvalue weighted by Gasteiger charge is -2.39. The number of nitrogens with zero attached hydrogens (tertiary/aromatic N) is 5. The number of halogens is 1. The highest BCUT2D eigenvalue weighted by molar-refractivity contribution is 7.98. The van der Waals surface area contributed by atoms with Gasteiger partial charge in [-0.25, -0.2) is 19.2 Å². The third kappa shape index (κ3) is 5.65. The van der Waals surface area contributed by atoms with Gasteiger partial charge in [-0.1, -0.05) is 31.2 Å². The molecule has 0 N–H and O–H groups in total. The molecule has 11 heteroatoms. The number of imidazole rings is 1. The van der Waals surface area contributed by atoms with Crippen LogP contribution in [0, 0.1) is 23.1 Å². The van der Waals surface area contributed by atoms with Gasteiger partial charge in [-0.2, -0.15) is 5.26 Å². The van der Waals surface area contributed by atoms with Crippen LogP contribution in [0.4, 0.5) is 9.18 Å². The molecule has 9 nitrogen and oxygen atoms in total. The first kappa shape index (κ1) is 33.1. The number of benzene rings is 3. The van der Waals surface area contributed by atoms with Gasteiger partial charge in [0.05, 0.1) is 23.7 Å². The Labute approximate surface area is 289 Å². The topological polar surface area (TPSA) is 103 Å². The first-order valence-corrected chi connectivity index (χ1v) is 17.9. The zero-order valence-corrected chi connectivity index (χ0v) is 29.5. The molecule has 4 heterocycles. The standard InChI is InChI=1S/C38H40FN5O4S/c1-7-29-41-33-35(44(29)34-23-17-28(34)43(19-23)37(45)48-38(2,3)4)27-16-22(12-10-14-40)30(31(39)32(27)42-36(33)49-6)26-18-24(47-20-46-5)15-21-11-8-9-13-25(21)26/h8-9,11,13,15-16,18,23,28,34H,7,10,12,17,19-20H2,1-6H3. The summed E-state index contributed by atoms with van der Waals surface area (Å²) < 4.78 is 36.5. The molecule has 3 unspecified atom stereocenters. The summed E-state index contributed by atoms with van der Waals surface area (Å²) in [6, 6.07) is 15.8. The number of pyridine rings is 1. The smallest absolute Gasteiger partial charge is 0.410 e. The van der Waals surface area contributed by atoms with Crippen LogP contribution in [0.1, 0.15) is 58.0 Å². The molecule has 1 aliphatic carbocycles. The molecule has 2 saturated heterocycles. The number of methoxy groups -OCH3 is 1. The van der Waals surface area contributed by atoms with E-state index in [1.807, 2.05) is 74.4 Å². The number of fused-ring (bicyclic) bond motifs is 5. The first-order chi connectivity index (χ1) is 23.6. The number of carbonyl (C=O) groups excluding carboxylic acids is 1. The predicted octanol–water partition coefficient (Wildman–Crippen LogP) is 8.45. The van der Waals surface area contributed by atoms with Crippen molar-refractivity contribution in [3.63, 3.8) is 0 Å². The van der Waals surface area contributed by atoms with Crippen LogP contribution in [0.25, 0.3) is 43.8 Å². The quantitative estimate of drug-likeness (QED) is 0.113. The average Bonchev–Trinajstić information content (AvgIpc) is 3.78. The van der Waals surface area contributed by atoms with Crippen molar-refractivity contribution in [3.05, 3.63) is 59.7 Å². The number of aromatic nitrogens is 3. The van der Waals surface area contributed by atoms with Gasteiger partial charge in [0.1, 0.15) is 33.2 Å². The van der Waals surface area contributed by atoms with E-state index in [4.69, 9.17) is 24.2 Å². The van der Waals surface area contributed by atoms with Crippen LogP contribution in [-0.4, -0.2) is 63.9 Å². The second kappa shape index (κ2) is 12.8. The van der Waals surface area contributed by atoms with Crippen LogP contribution in [-0.2, 0) is 22.3 Å². The summed E-state index contributed by atoms with van der Waals surface area (Å²) in [7, 11) is 1.56.